The lowest BCUT2D eigenvalue weighted by Crippen LogP contribution is -2.39. The second-order valence-corrected chi connectivity index (χ2v) is 5.65. The summed E-state index contributed by atoms with van der Waals surface area (Å²) in [6.45, 7) is 3.99. The van der Waals surface area contributed by atoms with Crippen LogP contribution in [0.5, 0.6) is 5.75 Å². The van der Waals surface area contributed by atoms with Crippen LogP contribution in [0.2, 0.25) is 0 Å². The molecule has 2 N–H and O–H groups in total. The molecule has 2 aromatic rings. The van der Waals surface area contributed by atoms with Crippen LogP contribution in [-0.2, 0) is 9.59 Å². The maximum absolute atomic E-state index is 12.1. The number of carbonyl (C=O) groups excluding carboxylic acids is 2. The number of para-hydroxylation sites is 2. The molecule has 1 unspecified atom stereocenters. The predicted octanol–water partition coefficient (Wildman–Crippen LogP) is 2.19. The molecule has 23 heavy (non-hydrogen) atoms. The van der Waals surface area contributed by atoms with Gasteiger partial charge < -0.3 is 15.4 Å². The first-order valence-electron chi connectivity index (χ1n) is 7.43. The lowest BCUT2D eigenvalue weighted by atomic mass is 10.1. The molecule has 1 atom stereocenters. The van der Waals surface area contributed by atoms with Crippen LogP contribution in [-0.4, -0.2) is 27.7 Å². The van der Waals surface area contributed by atoms with Crippen molar-refractivity contribution in [3.05, 3.63) is 36.7 Å². The number of hydrogen-bond acceptors (Lipinski definition) is 4. The summed E-state index contributed by atoms with van der Waals surface area (Å²) in [5.74, 6) is -0.0536. The molecule has 2 amide bonds. The Bertz CT molecular complexity index is 738. The zero-order valence-electron chi connectivity index (χ0n) is 12.9. The number of fused-ring (bicyclic) bond motifs is 1. The fourth-order valence-corrected chi connectivity index (χ4v) is 2.29. The second kappa shape index (κ2) is 6.12. The third-order valence-electron chi connectivity index (χ3n) is 3.49. The summed E-state index contributed by atoms with van der Waals surface area (Å²) in [7, 11) is 0. The molecule has 0 fully saturated rings. The maximum Gasteiger partial charge on any atom is 0.266 e. The lowest BCUT2D eigenvalue weighted by molar-refractivity contribution is -0.128. The third kappa shape index (κ3) is 3.33. The minimum atomic E-state index is -0.843. The van der Waals surface area contributed by atoms with Crippen molar-refractivity contribution in [2.75, 3.05) is 10.6 Å². The first-order valence-corrected chi connectivity index (χ1v) is 7.43. The molecule has 120 valence electrons. The van der Waals surface area contributed by atoms with Crippen molar-refractivity contribution >= 4 is 23.2 Å². The van der Waals surface area contributed by atoms with Gasteiger partial charge in [-0.3, -0.25) is 14.3 Å². The molecule has 0 bridgehead atoms. The SMILES string of the molecule is CC(C)n1cc(NC(=O)CC2Oc3ccccc3NC2=O)cn1. The fraction of sp³-hybridized carbons (Fsp3) is 0.312. The van der Waals surface area contributed by atoms with Gasteiger partial charge in [-0.2, -0.15) is 5.10 Å². The molecule has 0 aliphatic carbocycles. The van der Waals surface area contributed by atoms with Crippen molar-refractivity contribution in [3.8, 4) is 5.75 Å². The number of hydrogen-bond donors (Lipinski definition) is 2. The van der Waals surface area contributed by atoms with Crippen LogP contribution in [0.4, 0.5) is 11.4 Å². The molecule has 0 saturated carbocycles. The van der Waals surface area contributed by atoms with Crippen LogP contribution >= 0.6 is 0 Å². The number of rotatable bonds is 4. The van der Waals surface area contributed by atoms with E-state index in [0.717, 1.165) is 0 Å². The van der Waals surface area contributed by atoms with Crippen LogP contribution in [0, 0.1) is 0 Å². The predicted molar refractivity (Wildman–Crippen MR) is 85.3 cm³/mol. The molecule has 1 aliphatic heterocycles. The van der Waals surface area contributed by atoms with Gasteiger partial charge in [-0.25, -0.2) is 0 Å². The van der Waals surface area contributed by atoms with Crippen LogP contribution in [0.3, 0.4) is 0 Å². The van der Waals surface area contributed by atoms with Crippen molar-refractivity contribution in [1.82, 2.24) is 9.78 Å². The Kier molecular flexibility index (Phi) is 4.01. The smallest absolute Gasteiger partial charge is 0.266 e. The van der Waals surface area contributed by atoms with Crippen LogP contribution in [0.1, 0.15) is 26.3 Å². The zero-order chi connectivity index (χ0) is 16.4. The first kappa shape index (κ1) is 15.1. The number of nitrogens with zero attached hydrogens (tertiary/aromatic N) is 2. The number of carbonyl (C=O) groups is 2. The molecule has 7 heteroatoms. The molecule has 1 aromatic heterocycles. The van der Waals surface area contributed by atoms with E-state index in [4.69, 9.17) is 4.74 Å². The van der Waals surface area contributed by atoms with Crippen molar-refractivity contribution in [1.29, 1.82) is 0 Å². The Morgan fingerprint density at radius 1 is 1.43 bits per heavy atom. The molecule has 0 radical (unpaired) electrons. The Labute approximate surface area is 133 Å². The molecule has 0 saturated heterocycles. The quantitative estimate of drug-likeness (QED) is 0.906. The largest absolute Gasteiger partial charge is 0.478 e. The fourth-order valence-electron chi connectivity index (χ4n) is 2.29. The van der Waals surface area contributed by atoms with Gasteiger partial charge in [-0.1, -0.05) is 12.1 Å². The van der Waals surface area contributed by atoms with E-state index < -0.39 is 6.10 Å². The summed E-state index contributed by atoms with van der Waals surface area (Å²) >= 11 is 0. The lowest BCUT2D eigenvalue weighted by Gasteiger charge is -2.25. The van der Waals surface area contributed by atoms with Gasteiger partial charge in [-0.15, -0.1) is 0 Å². The van der Waals surface area contributed by atoms with E-state index in [1.807, 2.05) is 26.0 Å². The molecular formula is C16H18N4O3. The highest BCUT2D eigenvalue weighted by Gasteiger charge is 2.29. The number of anilines is 2. The Hall–Kier alpha value is -2.83. The van der Waals surface area contributed by atoms with E-state index in [-0.39, 0.29) is 24.3 Å². The van der Waals surface area contributed by atoms with Crippen molar-refractivity contribution in [2.45, 2.75) is 32.4 Å². The van der Waals surface area contributed by atoms with Gasteiger partial charge in [0, 0.05) is 12.2 Å². The summed E-state index contributed by atoms with van der Waals surface area (Å²) in [6, 6.07) is 7.34. The number of benzene rings is 1. The Morgan fingerprint density at radius 3 is 2.96 bits per heavy atom. The number of nitrogens with one attached hydrogen (secondary N) is 2. The third-order valence-corrected chi connectivity index (χ3v) is 3.49. The van der Waals surface area contributed by atoms with Crippen LogP contribution in [0.25, 0.3) is 0 Å². The van der Waals surface area contributed by atoms with E-state index in [0.29, 0.717) is 17.1 Å². The number of ether oxygens (including phenoxy) is 1. The summed E-state index contributed by atoms with van der Waals surface area (Å²) < 4.78 is 7.35. The molecule has 2 heterocycles. The van der Waals surface area contributed by atoms with E-state index in [1.54, 1.807) is 29.2 Å². The maximum atomic E-state index is 12.1. The summed E-state index contributed by atoms with van der Waals surface area (Å²) in [4.78, 5) is 24.1. The minimum absolute atomic E-state index is 0.0625. The highest BCUT2D eigenvalue weighted by atomic mass is 16.5. The van der Waals surface area contributed by atoms with Gasteiger partial charge in [0.1, 0.15) is 5.75 Å². The van der Waals surface area contributed by atoms with E-state index in [9.17, 15) is 9.59 Å². The summed E-state index contributed by atoms with van der Waals surface area (Å²) in [5.41, 5.74) is 1.22. The average molecular weight is 314 g/mol. The van der Waals surface area contributed by atoms with Gasteiger partial charge in [0.2, 0.25) is 5.91 Å². The Morgan fingerprint density at radius 2 is 2.22 bits per heavy atom. The van der Waals surface area contributed by atoms with E-state index in [1.165, 1.54) is 0 Å². The van der Waals surface area contributed by atoms with Gasteiger partial charge in [-0.05, 0) is 26.0 Å². The summed E-state index contributed by atoms with van der Waals surface area (Å²) in [6.07, 6.45) is 2.42. The zero-order valence-corrected chi connectivity index (χ0v) is 12.9. The molecule has 1 aliphatic rings. The van der Waals surface area contributed by atoms with Crippen molar-refractivity contribution < 1.29 is 14.3 Å². The molecule has 3 rings (SSSR count). The van der Waals surface area contributed by atoms with Crippen molar-refractivity contribution in [3.63, 3.8) is 0 Å². The monoisotopic (exact) mass is 314 g/mol. The number of amides is 2. The van der Waals surface area contributed by atoms with Gasteiger partial charge in [0.15, 0.2) is 6.10 Å². The average Bonchev–Trinajstić information content (AvgIpc) is 2.96. The first-order chi connectivity index (χ1) is 11.0. The number of aromatic nitrogens is 2. The highest BCUT2D eigenvalue weighted by Crippen LogP contribution is 2.29. The van der Waals surface area contributed by atoms with E-state index in [2.05, 4.69) is 15.7 Å². The minimum Gasteiger partial charge on any atom is -0.478 e. The molecular weight excluding hydrogens is 296 g/mol. The molecule has 1 aromatic carbocycles. The van der Waals surface area contributed by atoms with Crippen LogP contribution < -0.4 is 15.4 Å². The molecule has 0 spiro atoms. The highest BCUT2D eigenvalue weighted by molar-refractivity contribution is 6.01. The van der Waals surface area contributed by atoms with Gasteiger partial charge >= 0.3 is 0 Å². The Balaban J connectivity index is 1.62. The van der Waals surface area contributed by atoms with Crippen LogP contribution in [0.15, 0.2) is 36.7 Å². The normalized spacial score (nSPS) is 16.5. The van der Waals surface area contributed by atoms with E-state index >= 15 is 0 Å². The second-order valence-electron chi connectivity index (χ2n) is 5.65. The van der Waals surface area contributed by atoms with Gasteiger partial charge in [0.25, 0.3) is 5.91 Å². The van der Waals surface area contributed by atoms with Gasteiger partial charge in [0.05, 0.1) is 24.0 Å². The summed E-state index contributed by atoms with van der Waals surface area (Å²) in [5, 5.41) is 9.62. The molecule has 7 nitrogen and oxygen atoms in total. The van der Waals surface area contributed by atoms with Crippen molar-refractivity contribution in [2.24, 2.45) is 0 Å². The topological polar surface area (TPSA) is 85.3 Å². The standard InChI is InChI=1S/C16H18N4O3/c1-10(2)20-9-11(8-17-20)18-15(21)7-14-16(22)19-12-5-3-4-6-13(12)23-14/h3-6,8-10,14H,7H2,1-2H3,(H,18,21)(H,19,22).